The highest BCUT2D eigenvalue weighted by atomic mass is 19.4. The van der Waals surface area contributed by atoms with E-state index < -0.39 is 6.36 Å². The lowest BCUT2D eigenvalue weighted by atomic mass is 9.62. The second-order valence-corrected chi connectivity index (χ2v) is 8.79. The molecule has 0 saturated heterocycles. The van der Waals surface area contributed by atoms with Crippen molar-refractivity contribution in [2.24, 2.45) is 0 Å². The van der Waals surface area contributed by atoms with E-state index in [1.54, 1.807) is 0 Å². The van der Waals surface area contributed by atoms with Crippen molar-refractivity contribution in [3.8, 4) is 22.6 Å². The molecule has 0 bridgehead atoms. The Labute approximate surface area is 168 Å². The molecule has 1 aliphatic carbocycles. The van der Waals surface area contributed by atoms with Gasteiger partial charge in [0.2, 0.25) is 0 Å². The molecule has 0 fully saturated rings. The van der Waals surface area contributed by atoms with Gasteiger partial charge in [-0.25, -0.2) is 0 Å². The Bertz CT molecular complexity index is 943. The first-order valence-electron chi connectivity index (χ1n) is 9.46. The number of halogens is 3. The molecular weight excluding hydrogens is 381 g/mol. The summed E-state index contributed by atoms with van der Waals surface area (Å²) in [6.45, 7) is 8.58. The van der Waals surface area contributed by atoms with Crippen LogP contribution in [0.3, 0.4) is 0 Å². The van der Waals surface area contributed by atoms with Crippen molar-refractivity contribution in [3.05, 3.63) is 47.0 Å². The van der Waals surface area contributed by atoms with Crippen LogP contribution in [-0.2, 0) is 10.8 Å². The van der Waals surface area contributed by atoms with Gasteiger partial charge in [-0.05, 0) is 65.1 Å². The van der Waals surface area contributed by atoms with Crippen LogP contribution in [0.1, 0.15) is 62.0 Å². The van der Waals surface area contributed by atoms with Gasteiger partial charge >= 0.3 is 6.36 Å². The van der Waals surface area contributed by atoms with Crippen LogP contribution >= 0.6 is 0 Å². The fourth-order valence-corrected chi connectivity index (χ4v) is 4.02. The Hall–Kier alpha value is -2.50. The van der Waals surface area contributed by atoms with Gasteiger partial charge in [0, 0.05) is 16.7 Å². The number of aldehydes is 1. The van der Waals surface area contributed by atoms with Crippen molar-refractivity contribution >= 4 is 6.29 Å². The molecule has 2 aromatic rings. The van der Waals surface area contributed by atoms with Crippen molar-refractivity contribution in [1.29, 1.82) is 0 Å². The highest BCUT2D eigenvalue weighted by molar-refractivity contribution is 5.84. The van der Waals surface area contributed by atoms with Crippen LogP contribution in [0, 0.1) is 0 Å². The second kappa shape index (κ2) is 7.08. The Morgan fingerprint density at radius 3 is 1.97 bits per heavy atom. The number of fused-ring (bicyclic) bond motifs is 1. The molecule has 3 rings (SSSR count). The van der Waals surface area contributed by atoms with Gasteiger partial charge < -0.3 is 9.47 Å². The predicted octanol–water partition coefficient (Wildman–Crippen LogP) is 6.42. The lowest BCUT2D eigenvalue weighted by Crippen LogP contribution is -2.33. The fourth-order valence-electron chi connectivity index (χ4n) is 4.02. The van der Waals surface area contributed by atoms with Crippen molar-refractivity contribution in [2.75, 3.05) is 7.11 Å². The second-order valence-electron chi connectivity index (χ2n) is 8.79. The number of rotatable bonds is 4. The average Bonchev–Trinajstić information content (AvgIpc) is 2.64. The molecule has 0 aliphatic heterocycles. The maximum atomic E-state index is 13.0. The van der Waals surface area contributed by atoms with Crippen molar-refractivity contribution < 1.29 is 27.4 Å². The number of carbonyl (C=O) groups is 1. The first-order valence-corrected chi connectivity index (χ1v) is 9.46. The number of carbonyl (C=O) groups excluding carboxylic acids is 1. The smallest absolute Gasteiger partial charge is 0.496 e. The molecule has 0 unspecified atom stereocenters. The van der Waals surface area contributed by atoms with E-state index in [-0.39, 0.29) is 27.7 Å². The van der Waals surface area contributed by atoms with E-state index in [4.69, 9.17) is 4.74 Å². The van der Waals surface area contributed by atoms with Gasteiger partial charge in [0.25, 0.3) is 0 Å². The van der Waals surface area contributed by atoms with E-state index in [0.29, 0.717) is 17.6 Å². The van der Waals surface area contributed by atoms with Gasteiger partial charge in [-0.15, -0.1) is 13.2 Å². The Kier molecular flexibility index (Phi) is 5.18. The van der Waals surface area contributed by atoms with E-state index in [1.807, 2.05) is 12.1 Å². The summed E-state index contributed by atoms with van der Waals surface area (Å²) in [7, 11) is 1.49. The van der Waals surface area contributed by atoms with E-state index in [9.17, 15) is 18.0 Å². The molecule has 0 atom stereocenters. The molecule has 0 spiro atoms. The molecule has 29 heavy (non-hydrogen) atoms. The Morgan fingerprint density at radius 2 is 1.45 bits per heavy atom. The molecule has 0 N–H and O–H groups in total. The van der Waals surface area contributed by atoms with Gasteiger partial charge in [0.1, 0.15) is 17.8 Å². The zero-order valence-electron chi connectivity index (χ0n) is 17.2. The summed E-state index contributed by atoms with van der Waals surface area (Å²) in [5, 5.41) is 0. The first kappa shape index (κ1) is 21.2. The van der Waals surface area contributed by atoms with E-state index in [1.165, 1.54) is 25.3 Å². The summed E-state index contributed by atoms with van der Waals surface area (Å²) in [4.78, 5) is 11.3. The first-order chi connectivity index (χ1) is 13.4. The van der Waals surface area contributed by atoms with Crippen molar-refractivity contribution in [1.82, 2.24) is 0 Å². The van der Waals surface area contributed by atoms with Crippen LogP contribution in [-0.4, -0.2) is 19.8 Å². The van der Waals surface area contributed by atoms with Crippen LogP contribution < -0.4 is 9.47 Å². The summed E-state index contributed by atoms with van der Waals surface area (Å²) < 4.78 is 48.7. The minimum absolute atomic E-state index is 0.0768. The molecule has 156 valence electrons. The normalized spacial score (nSPS) is 17.4. The van der Waals surface area contributed by atoms with E-state index in [0.717, 1.165) is 24.0 Å². The minimum Gasteiger partial charge on any atom is -0.496 e. The Balaban J connectivity index is 2.30. The summed E-state index contributed by atoms with van der Waals surface area (Å²) in [6, 6.07) is 7.67. The van der Waals surface area contributed by atoms with Crippen molar-refractivity contribution in [2.45, 2.75) is 57.7 Å². The van der Waals surface area contributed by atoms with Crippen LogP contribution in [0.5, 0.6) is 11.5 Å². The van der Waals surface area contributed by atoms with Gasteiger partial charge in [0.05, 0.1) is 7.11 Å². The predicted molar refractivity (Wildman–Crippen MR) is 106 cm³/mol. The standard InChI is InChI=1S/C23H25F3O3/c1-21(2)8-9-22(3,4)18-12-20(28-5)16(11-17(18)21)15-10-14(13-27)6-7-19(15)29-23(24,25)26/h6-7,10-13H,8-9H2,1-5H3. The summed E-state index contributed by atoms with van der Waals surface area (Å²) in [5.41, 5.74) is 2.88. The number of hydrogen-bond acceptors (Lipinski definition) is 3. The van der Waals surface area contributed by atoms with Gasteiger partial charge in [0.15, 0.2) is 0 Å². The molecule has 0 saturated carbocycles. The molecule has 2 aromatic carbocycles. The quantitative estimate of drug-likeness (QED) is 0.550. The lowest BCUT2D eigenvalue weighted by molar-refractivity contribution is -0.274. The topological polar surface area (TPSA) is 35.5 Å². The monoisotopic (exact) mass is 406 g/mol. The Morgan fingerprint density at radius 1 is 0.897 bits per heavy atom. The summed E-state index contributed by atoms with van der Waals surface area (Å²) in [6.07, 6.45) is -2.30. The van der Waals surface area contributed by atoms with Crippen molar-refractivity contribution in [3.63, 3.8) is 0 Å². The molecule has 1 aliphatic rings. The molecular formula is C23H25F3O3. The highest BCUT2D eigenvalue weighted by Gasteiger charge is 2.38. The molecule has 0 aromatic heterocycles. The highest BCUT2D eigenvalue weighted by Crippen LogP contribution is 2.50. The lowest BCUT2D eigenvalue weighted by Gasteiger charge is -2.42. The van der Waals surface area contributed by atoms with Gasteiger partial charge in [-0.1, -0.05) is 27.7 Å². The maximum absolute atomic E-state index is 13.0. The number of ether oxygens (including phenoxy) is 2. The van der Waals surface area contributed by atoms with Crippen LogP contribution in [0.15, 0.2) is 30.3 Å². The maximum Gasteiger partial charge on any atom is 0.573 e. The third kappa shape index (κ3) is 4.11. The number of hydrogen-bond donors (Lipinski definition) is 0. The SMILES string of the molecule is COc1cc2c(cc1-c1cc(C=O)ccc1OC(F)(F)F)C(C)(C)CCC2(C)C. The fraction of sp³-hybridized carbons (Fsp3) is 0.435. The van der Waals surface area contributed by atoms with E-state index >= 15 is 0 Å². The number of methoxy groups -OCH3 is 1. The number of benzene rings is 2. The third-order valence-electron chi connectivity index (χ3n) is 5.83. The molecule has 6 heteroatoms. The molecule has 0 heterocycles. The zero-order chi connectivity index (χ0) is 21.6. The summed E-state index contributed by atoms with van der Waals surface area (Å²) >= 11 is 0. The largest absolute Gasteiger partial charge is 0.573 e. The minimum atomic E-state index is -4.85. The van der Waals surface area contributed by atoms with Crippen LogP contribution in [0.4, 0.5) is 13.2 Å². The average molecular weight is 406 g/mol. The van der Waals surface area contributed by atoms with E-state index in [2.05, 4.69) is 32.4 Å². The number of alkyl halides is 3. The molecule has 0 radical (unpaired) electrons. The van der Waals surface area contributed by atoms with Crippen LogP contribution in [0.25, 0.3) is 11.1 Å². The van der Waals surface area contributed by atoms with Gasteiger partial charge in [-0.2, -0.15) is 0 Å². The third-order valence-corrected chi connectivity index (χ3v) is 5.83. The molecule has 0 amide bonds. The van der Waals surface area contributed by atoms with Crippen LogP contribution in [0.2, 0.25) is 0 Å². The zero-order valence-corrected chi connectivity index (χ0v) is 17.2. The van der Waals surface area contributed by atoms with Gasteiger partial charge in [-0.3, -0.25) is 4.79 Å². The molecule has 3 nitrogen and oxygen atoms in total. The summed E-state index contributed by atoms with van der Waals surface area (Å²) in [5.74, 6) is 0.0822.